The maximum atomic E-state index is 12.3. The zero-order valence-electron chi connectivity index (χ0n) is 10.9. The lowest BCUT2D eigenvalue weighted by molar-refractivity contribution is 0.0747. The van der Waals surface area contributed by atoms with Gasteiger partial charge in [-0.1, -0.05) is 6.07 Å². The van der Waals surface area contributed by atoms with Crippen molar-refractivity contribution in [3.63, 3.8) is 0 Å². The van der Waals surface area contributed by atoms with Crippen LogP contribution in [0.5, 0.6) is 0 Å². The predicted molar refractivity (Wildman–Crippen MR) is 74.0 cm³/mol. The number of halogens is 1. The van der Waals surface area contributed by atoms with Crippen molar-refractivity contribution in [1.29, 1.82) is 0 Å². The Balaban J connectivity index is 2.39. The molecule has 0 radical (unpaired) electrons. The van der Waals surface area contributed by atoms with Crippen molar-refractivity contribution < 1.29 is 13.2 Å². The molecule has 0 saturated carbocycles. The SMILES string of the molecule is Cc1ccc(C(=O)N2CCCC2C)cc1S(=O)(=O)Cl. The van der Waals surface area contributed by atoms with Crippen LogP contribution in [0.25, 0.3) is 0 Å². The molecule has 1 atom stereocenters. The average Bonchev–Trinajstić information content (AvgIpc) is 2.73. The summed E-state index contributed by atoms with van der Waals surface area (Å²) < 4.78 is 22.9. The Labute approximate surface area is 117 Å². The highest BCUT2D eigenvalue weighted by atomic mass is 35.7. The van der Waals surface area contributed by atoms with E-state index in [-0.39, 0.29) is 16.8 Å². The summed E-state index contributed by atoms with van der Waals surface area (Å²) in [7, 11) is 1.55. The molecule has 1 aliphatic heterocycles. The Hall–Kier alpha value is -1.07. The minimum atomic E-state index is -3.83. The Bertz CT molecular complexity index is 612. The third-order valence-electron chi connectivity index (χ3n) is 3.51. The molecule has 4 nitrogen and oxygen atoms in total. The van der Waals surface area contributed by atoms with E-state index in [9.17, 15) is 13.2 Å². The molecule has 0 aliphatic carbocycles. The summed E-state index contributed by atoms with van der Waals surface area (Å²) in [6.45, 7) is 4.37. The normalized spacial score (nSPS) is 19.7. The molecule has 0 spiro atoms. The van der Waals surface area contributed by atoms with Gasteiger partial charge in [0.2, 0.25) is 0 Å². The molecule has 1 aromatic carbocycles. The summed E-state index contributed by atoms with van der Waals surface area (Å²) in [6.07, 6.45) is 1.97. The quantitative estimate of drug-likeness (QED) is 0.789. The number of nitrogens with zero attached hydrogens (tertiary/aromatic N) is 1. The minimum Gasteiger partial charge on any atom is -0.336 e. The van der Waals surface area contributed by atoms with Gasteiger partial charge in [-0.25, -0.2) is 8.42 Å². The first-order valence-electron chi connectivity index (χ1n) is 6.17. The van der Waals surface area contributed by atoms with Crippen LogP contribution in [0.15, 0.2) is 23.1 Å². The summed E-state index contributed by atoms with van der Waals surface area (Å²) in [6, 6.07) is 4.83. The monoisotopic (exact) mass is 301 g/mol. The number of carbonyl (C=O) groups is 1. The van der Waals surface area contributed by atoms with Crippen molar-refractivity contribution in [3.05, 3.63) is 29.3 Å². The molecule has 0 bridgehead atoms. The Kier molecular flexibility index (Phi) is 3.87. The molecule has 104 valence electrons. The molecule has 1 heterocycles. The first kappa shape index (κ1) is 14.3. The zero-order valence-corrected chi connectivity index (χ0v) is 12.5. The number of rotatable bonds is 2. The number of hydrogen-bond donors (Lipinski definition) is 0. The van der Waals surface area contributed by atoms with Crippen molar-refractivity contribution in [1.82, 2.24) is 4.90 Å². The van der Waals surface area contributed by atoms with E-state index in [1.54, 1.807) is 24.0 Å². The molecule has 1 saturated heterocycles. The summed E-state index contributed by atoms with van der Waals surface area (Å²) in [4.78, 5) is 14.1. The number of likely N-dealkylation sites (tertiary alicyclic amines) is 1. The fourth-order valence-corrected chi connectivity index (χ4v) is 3.62. The van der Waals surface area contributed by atoms with Gasteiger partial charge in [0.15, 0.2) is 0 Å². The lowest BCUT2D eigenvalue weighted by atomic mass is 10.1. The lowest BCUT2D eigenvalue weighted by Crippen LogP contribution is -2.33. The first-order valence-corrected chi connectivity index (χ1v) is 8.48. The Morgan fingerprint density at radius 2 is 2.11 bits per heavy atom. The fraction of sp³-hybridized carbons (Fsp3) is 0.462. The van der Waals surface area contributed by atoms with Crippen LogP contribution in [0.4, 0.5) is 0 Å². The summed E-state index contributed by atoms with van der Waals surface area (Å²) in [5, 5.41) is 0. The number of carbonyl (C=O) groups excluding carboxylic acids is 1. The molecule has 6 heteroatoms. The van der Waals surface area contributed by atoms with Crippen LogP contribution < -0.4 is 0 Å². The van der Waals surface area contributed by atoms with Gasteiger partial charge in [0, 0.05) is 28.8 Å². The van der Waals surface area contributed by atoms with Crippen LogP contribution in [0, 0.1) is 6.92 Å². The number of aryl methyl sites for hydroxylation is 1. The van der Waals surface area contributed by atoms with Gasteiger partial charge in [-0.3, -0.25) is 4.79 Å². The second-order valence-electron chi connectivity index (χ2n) is 4.91. The van der Waals surface area contributed by atoms with Crippen LogP contribution in [0.2, 0.25) is 0 Å². The summed E-state index contributed by atoms with van der Waals surface area (Å²) in [5.74, 6) is -0.133. The maximum Gasteiger partial charge on any atom is 0.261 e. The Morgan fingerprint density at radius 1 is 1.42 bits per heavy atom. The molecule has 1 aromatic rings. The second kappa shape index (κ2) is 5.13. The van der Waals surface area contributed by atoms with Crippen molar-refractivity contribution in [3.8, 4) is 0 Å². The van der Waals surface area contributed by atoms with Gasteiger partial charge in [-0.2, -0.15) is 0 Å². The van der Waals surface area contributed by atoms with E-state index in [1.807, 2.05) is 6.92 Å². The minimum absolute atomic E-state index is 0.00636. The van der Waals surface area contributed by atoms with Gasteiger partial charge in [-0.05, 0) is 44.4 Å². The molecule has 0 N–H and O–H groups in total. The number of benzene rings is 1. The highest BCUT2D eigenvalue weighted by Gasteiger charge is 2.27. The number of amides is 1. The second-order valence-corrected chi connectivity index (χ2v) is 7.44. The Morgan fingerprint density at radius 3 is 2.63 bits per heavy atom. The van der Waals surface area contributed by atoms with E-state index in [0.717, 1.165) is 19.4 Å². The van der Waals surface area contributed by atoms with Gasteiger partial charge in [0.1, 0.15) is 0 Å². The molecule has 2 rings (SSSR count). The van der Waals surface area contributed by atoms with Gasteiger partial charge >= 0.3 is 0 Å². The van der Waals surface area contributed by atoms with Crippen LogP contribution >= 0.6 is 10.7 Å². The molecule has 1 fully saturated rings. The molecule has 1 unspecified atom stereocenters. The van der Waals surface area contributed by atoms with Crippen LogP contribution in [0.3, 0.4) is 0 Å². The van der Waals surface area contributed by atoms with E-state index in [2.05, 4.69) is 0 Å². The highest BCUT2D eigenvalue weighted by molar-refractivity contribution is 8.13. The van der Waals surface area contributed by atoms with Crippen molar-refractivity contribution in [2.45, 2.75) is 37.6 Å². The van der Waals surface area contributed by atoms with E-state index < -0.39 is 9.05 Å². The molecule has 19 heavy (non-hydrogen) atoms. The first-order chi connectivity index (χ1) is 8.80. The largest absolute Gasteiger partial charge is 0.336 e. The zero-order chi connectivity index (χ0) is 14.2. The van der Waals surface area contributed by atoms with Crippen molar-refractivity contribution >= 4 is 25.6 Å². The third kappa shape index (κ3) is 2.92. The predicted octanol–water partition coefficient (Wildman–Crippen LogP) is 2.55. The average molecular weight is 302 g/mol. The van der Waals surface area contributed by atoms with E-state index in [0.29, 0.717) is 11.1 Å². The third-order valence-corrected chi connectivity index (χ3v) is 4.98. The standard InChI is InChI=1S/C13H16ClNO3S/c1-9-5-6-11(8-12(9)19(14,17)18)13(16)15-7-3-4-10(15)2/h5-6,8,10H,3-4,7H2,1-2H3. The molecule has 0 aromatic heterocycles. The molecular weight excluding hydrogens is 286 g/mol. The van der Waals surface area contributed by atoms with Crippen LogP contribution in [-0.4, -0.2) is 31.8 Å². The van der Waals surface area contributed by atoms with Crippen LogP contribution in [0.1, 0.15) is 35.7 Å². The van der Waals surface area contributed by atoms with Crippen molar-refractivity contribution in [2.24, 2.45) is 0 Å². The van der Waals surface area contributed by atoms with E-state index >= 15 is 0 Å². The van der Waals surface area contributed by atoms with Gasteiger partial charge in [0.05, 0.1) is 4.90 Å². The summed E-state index contributed by atoms with van der Waals surface area (Å²) >= 11 is 0. The molecule has 1 aliphatic rings. The molecule has 1 amide bonds. The maximum absolute atomic E-state index is 12.3. The number of hydrogen-bond acceptors (Lipinski definition) is 3. The van der Waals surface area contributed by atoms with Gasteiger partial charge in [-0.15, -0.1) is 0 Å². The van der Waals surface area contributed by atoms with Gasteiger partial charge in [0.25, 0.3) is 15.0 Å². The topological polar surface area (TPSA) is 54.5 Å². The highest BCUT2D eigenvalue weighted by Crippen LogP contribution is 2.24. The van der Waals surface area contributed by atoms with Gasteiger partial charge < -0.3 is 4.90 Å². The summed E-state index contributed by atoms with van der Waals surface area (Å²) in [5.41, 5.74) is 0.916. The van der Waals surface area contributed by atoms with E-state index in [4.69, 9.17) is 10.7 Å². The van der Waals surface area contributed by atoms with E-state index in [1.165, 1.54) is 6.07 Å². The van der Waals surface area contributed by atoms with Crippen LogP contribution in [-0.2, 0) is 9.05 Å². The smallest absolute Gasteiger partial charge is 0.261 e. The molecular formula is C13H16ClNO3S. The lowest BCUT2D eigenvalue weighted by Gasteiger charge is -2.21. The van der Waals surface area contributed by atoms with Crippen molar-refractivity contribution in [2.75, 3.05) is 6.54 Å². The fourth-order valence-electron chi connectivity index (χ4n) is 2.40.